The zero-order chi connectivity index (χ0) is 21.6. The molecule has 10 heteroatoms. The fraction of sp³-hybridized carbons (Fsp3) is 0.381. The third kappa shape index (κ3) is 3.43. The number of nitrogens with zero attached hydrogens (tertiary/aromatic N) is 5. The largest absolute Gasteiger partial charge is 0.480 e. The number of fused-ring (bicyclic) bond motifs is 2. The molecule has 4 aromatic rings. The molecule has 0 bridgehead atoms. The van der Waals surface area contributed by atoms with Crippen LogP contribution in [0, 0.1) is 0 Å². The lowest BCUT2D eigenvalue weighted by Gasteiger charge is -2.45. The number of rotatable bonds is 6. The molecule has 10 nitrogen and oxygen atoms in total. The van der Waals surface area contributed by atoms with Gasteiger partial charge in [0.15, 0.2) is 5.65 Å². The fourth-order valence-electron chi connectivity index (χ4n) is 4.26. The first-order chi connectivity index (χ1) is 15.0. The lowest BCUT2D eigenvalue weighted by molar-refractivity contribution is -0.123. The van der Waals surface area contributed by atoms with Crippen molar-refractivity contribution in [2.24, 2.45) is 0 Å². The number of carbonyl (C=O) groups is 1. The van der Waals surface area contributed by atoms with E-state index in [1.54, 1.807) is 11.6 Å². The number of amides is 1. The third-order valence-electron chi connectivity index (χ3n) is 5.77. The van der Waals surface area contributed by atoms with Crippen LogP contribution in [0.4, 0.5) is 5.95 Å². The van der Waals surface area contributed by atoms with E-state index in [0.29, 0.717) is 23.9 Å². The van der Waals surface area contributed by atoms with Gasteiger partial charge in [-0.05, 0) is 37.5 Å². The second-order valence-electron chi connectivity index (χ2n) is 8.17. The van der Waals surface area contributed by atoms with E-state index in [0.717, 1.165) is 35.0 Å². The van der Waals surface area contributed by atoms with E-state index in [2.05, 4.69) is 42.6 Å². The van der Waals surface area contributed by atoms with Crippen LogP contribution < -0.4 is 15.4 Å². The molecule has 0 aliphatic heterocycles. The van der Waals surface area contributed by atoms with E-state index < -0.39 is 0 Å². The van der Waals surface area contributed by atoms with Crippen LogP contribution in [0.5, 0.6) is 5.88 Å². The molecular weight excluding hydrogens is 396 g/mol. The molecule has 0 radical (unpaired) electrons. The summed E-state index contributed by atoms with van der Waals surface area (Å²) in [5.41, 5.74) is 3.16. The van der Waals surface area contributed by atoms with Crippen LogP contribution in [0.2, 0.25) is 0 Å². The van der Waals surface area contributed by atoms with Crippen molar-refractivity contribution in [2.45, 2.75) is 44.7 Å². The quantitative estimate of drug-likeness (QED) is 0.438. The Morgan fingerprint density at radius 2 is 2.23 bits per heavy atom. The summed E-state index contributed by atoms with van der Waals surface area (Å²) in [4.78, 5) is 28.4. The predicted octanol–water partition coefficient (Wildman–Crippen LogP) is 2.54. The van der Waals surface area contributed by atoms with Crippen molar-refractivity contribution in [3.63, 3.8) is 0 Å². The average Bonchev–Trinajstić information content (AvgIpc) is 3.38. The Labute approximate surface area is 178 Å². The first kappa shape index (κ1) is 19.3. The van der Waals surface area contributed by atoms with Crippen molar-refractivity contribution in [1.29, 1.82) is 0 Å². The van der Waals surface area contributed by atoms with Crippen LogP contribution in [-0.2, 0) is 4.79 Å². The zero-order valence-corrected chi connectivity index (χ0v) is 17.6. The Kier molecular flexibility index (Phi) is 4.49. The van der Waals surface area contributed by atoms with Gasteiger partial charge in [0.1, 0.15) is 12.0 Å². The number of aromatic nitrogens is 6. The van der Waals surface area contributed by atoms with Gasteiger partial charge >= 0.3 is 0 Å². The number of H-pyrrole nitrogens is 1. The third-order valence-corrected chi connectivity index (χ3v) is 5.77. The number of ether oxygens (including phenoxy) is 1. The summed E-state index contributed by atoms with van der Waals surface area (Å²) in [5, 5.41) is 11.4. The van der Waals surface area contributed by atoms with Crippen molar-refractivity contribution in [1.82, 2.24) is 34.9 Å². The summed E-state index contributed by atoms with van der Waals surface area (Å²) in [6, 6.07) is 4.12. The highest BCUT2D eigenvalue weighted by atomic mass is 16.5. The Hall–Kier alpha value is -3.69. The van der Waals surface area contributed by atoms with E-state index in [-0.39, 0.29) is 17.5 Å². The minimum Gasteiger partial charge on any atom is -0.480 e. The number of hydrogen-bond donors (Lipinski definition) is 3. The van der Waals surface area contributed by atoms with Gasteiger partial charge in [-0.25, -0.2) is 9.50 Å². The zero-order valence-electron chi connectivity index (χ0n) is 17.6. The predicted molar refractivity (Wildman–Crippen MR) is 116 cm³/mol. The molecular formula is C21H24N8O2. The van der Waals surface area contributed by atoms with Crippen LogP contribution in [0.25, 0.3) is 27.8 Å². The lowest BCUT2D eigenvalue weighted by atomic mass is 9.74. The molecule has 1 aliphatic rings. The van der Waals surface area contributed by atoms with E-state index in [1.165, 1.54) is 6.33 Å². The lowest BCUT2D eigenvalue weighted by Crippen LogP contribution is -2.59. The van der Waals surface area contributed by atoms with E-state index in [1.807, 2.05) is 31.5 Å². The highest BCUT2D eigenvalue weighted by Crippen LogP contribution is 2.37. The van der Waals surface area contributed by atoms with Gasteiger partial charge in [-0.3, -0.25) is 4.79 Å². The summed E-state index contributed by atoms with van der Waals surface area (Å²) < 4.78 is 7.31. The molecule has 5 rings (SSSR count). The van der Waals surface area contributed by atoms with Gasteiger partial charge in [-0.15, -0.1) is 0 Å². The maximum absolute atomic E-state index is 11.7. The van der Waals surface area contributed by atoms with Gasteiger partial charge in [-0.2, -0.15) is 15.1 Å². The highest BCUT2D eigenvalue weighted by molar-refractivity contribution is 5.98. The van der Waals surface area contributed by atoms with Crippen LogP contribution in [0.3, 0.4) is 0 Å². The first-order valence-electron chi connectivity index (χ1n) is 10.3. The molecule has 0 aromatic carbocycles. The number of nitrogens with one attached hydrogen (secondary N) is 3. The normalized spacial score (nSPS) is 20.5. The Morgan fingerprint density at radius 3 is 3.00 bits per heavy atom. The van der Waals surface area contributed by atoms with Crippen LogP contribution in [-0.4, -0.2) is 54.1 Å². The van der Waals surface area contributed by atoms with Crippen LogP contribution in [0.1, 0.15) is 33.1 Å². The maximum atomic E-state index is 11.7. The van der Waals surface area contributed by atoms with Crippen molar-refractivity contribution >= 4 is 28.5 Å². The molecule has 1 fully saturated rings. The van der Waals surface area contributed by atoms with Gasteiger partial charge in [0, 0.05) is 36.0 Å². The molecule has 31 heavy (non-hydrogen) atoms. The minimum absolute atomic E-state index is 0.0727. The topological polar surface area (TPSA) is 122 Å². The molecule has 1 amide bonds. The molecule has 0 saturated heterocycles. The molecule has 4 heterocycles. The number of anilines is 1. The summed E-state index contributed by atoms with van der Waals surface area (Å²) in [5.74, 6) is 1.06. The molecule has 160 valence electrons. The summed E-state index contributed by atoms with van der Waals surface area (Å²) in [6.45, 7) is 3.92. The number of hydrogen-bond acceptors (Lipinski definition) is 7. The first-order valence-corrected chi connectivity index (χ1v) is 10.3. The van der Waals surface area contributed by atoms with E-state index in [9.17, 15) is 4.79 Å². The van der Waals surface area contributed by atoms with Crippen LogP contribution in [0.15, 0.2) is 30.9 Å². The Bertz CT molecular complexity index is 1270. The standard InChI is InChI=1S/C21H24N8O2/c1-4-16(30)28-21(2)8-13(9-21)25-20-26-18-17(19(27-20)31-3)14(10-22-18)12-5-6-29-15(7-12)23-11-24-29/h5-7,10-11,13H,4,8-9H2,1-3H3,(H,28,30)(H2,22,25,26,27)/t13-,21-. The Balaban J connectivity index is 1.41. The minimum atomic E-state index is -0.182. The number of carbonyl (C=O) groups excluding carboxylic acids is 1. The van der Waals surface area contributed by atoms with Gasteiger partial charge in [0.25, 0.3) is 0 Å². The molecule has 1 saturated carbocycles. The number of methoxy groups -OCH3 is 1. The monoisotopic (exact) mass is 420 g/mol. The fourth-order valence-corrected chi connectivity index (χ4v) is 4.26. The molecule has 1 aliphatic carbocycles. The van der Waals surface area contributed by atoms with E-state index >= 15 is 0 Å². The molecule has 3 N–H and O–H groups in total. The molecule has 0 unspecified atom stereocenters. The van der Waals surface area contributed by atoms with Gasteiger partial charge < -0.3 is 20.4 Å². The second kappa shape index (κ2) is 7.22. The molecule has 0 atom stereocenters. The summed E-state index contributed by atoms with van der Waals surface area (Å²) >= 11 is 0. The molecule has 4 aromatic heterocycles. The maximum Gasteiger partial charge on any atom is 0.228 e. The van der Waals surface area contributed by atoms with E-state index in [4.69, 9.17) is 4.74 Å². The number of aromatic amines is 1. The van der Waals surface area contributed by atoms with Crippen molar-refractivity contribution < 1.29 is 9.53 Å². The summed E-state index contributed by atoms with van der Waals surface area (Å²) in [7, 11) is 1.60. The summed E-state index contributed by atoms with van der Waals surface area (Å²) in [6.07, 6.45) is 7.41. The average molecular weight is 420 g/mol. The molecule has 0 spiro atoms. The number of pyridine rings is 1. The second-order valence-corrected chi connectivity index (χ2v) is 8.17. The van der Waals surface area contributed by atoms with Gasteiger partial charge in [-0.1, -0.05) is 6.92 Å². The highest BCUT2D eigenvalue weighted by Gasteiger charge is 2.41. The Morgan fingerprint density at radius 1 is 1.39 bits per heavy atom. The van der Waals surface area contributed by atoms with Gasteiger partial charge in [0.2, 0.25) is 17.7 Å². The van der Waals surface area contributed by atoms with Gasteiger partial charge in [0.05, 0.1) is 12.5 Å². The van der Waals surface area contributed by atoms with Crippen molar-refractivity contribution in [3.05, 3.63) is 30.9 Å². The van der Waals surface area contributed by atoms with Crippen molar-refractivity contribution in [3.8, 4) is 17.0 Å². The SMILES string of the molecule is CCC(=O)N[C@]1(C)C[C@@H](Nc2nc(OC)c3c(-c4ccn5ncnc5c4)c[nH]c3n2)C1. The smallest absolute Gasteiger partial charge is 0.228 e. The van der Waals surface area contributed by atoms with Crippen molar-refractivity contribution in [2.75, 3.05) is 12.4 Å². The van der Waals surface area contributed by atoms with Crippen LogP contribution >= 0.6 is 0 Å².